The fourth-order valence-electron chi connectivity index (χ4n) is 0.734. The maximum absolute atomic E-state index is 4.38. The van der Waals surface area contributed by atoms with E-state index >= 15 is 0 Å². The van der Waals surface area contributed by atoms with Crippen LogP contribution < -0.4 is 0 Å². The fourth-order valence-corrected chi connectivity index (χ4v) is 2.91. The first-order valence-corrected chi connectivity index (χ1v) is 6.10. The van der Waals surface area contributed by atoms with Crippen LogP contribution in [0.1, 0.15) is 20.3 Å². The largest absolute Gasteiger partial charge is 0.271 e. The van der Waals surface area contributed by atoms with E-state index < -0.39 is 0 Å². The molecule has 1 unspecified atom stereocenters. The predicted molar refractivity (Wildman–Crippen MR) is 56.7 cm³/mol. The Bertz CT molecular complexity index is 145. The van der Waals surface area contributed by atoms with Crippen LogP contribution in [0.2, 0.25) is 0 Å². The van der Waals surface area contributed by atoms with Gasteiger partial charge in [0, 0.05) is 11.5 Å². The van der Waals surface area contributed by atoms with Crippen LogP contribution in [0.15, 0.2) is 4.99 Å². The summed E-state index contributed by atoms with van der Waals surface area (Å²) in [5, 5.41) is 0. The smallest absolute Gasteiger partial charge is 0.124 e. The molecule has 3 heteroatoms. The van der Waals surface area contributed by atoms with Gasteiger partial charge in [0.25, 0.3) is 0 Å². The second kappa shape index (κ2) is 5.09. The maximum Gasteiger partial charge on any atom is 0.124 e. The van der Waals surface area contributed by atoms with E-state index in [-0.39, 0.29) is 0 Å². The van der Waals surface area contributed by atoms with Gasteiger partial charge in [0.2, 0.25) is 0 Å². The molecule has 0 saturated heterocycles. The summed E-state index contributed by atoms with van der Waals surface area (Å²) < 4.78 is 1.31. The molecular weight excluding hydrogens is 174 g/mol. The summed E-state index contributed by atoms with van der Waals surface area (Å²) in [5.74, 6) is 3.27. The summed E-state index contributed by atoms with van der Waals surface area (Å²) in [6, 6.07) is 0. The average Bonchev–Trinajstić information content (AvgIpc) is 2.52. The molecule has 0 radical (unpaired) electrons. The Labute approximate surface area is 77.4 Å². The van der Waals surface area contributed by atoms with Gasteiger partial charge in [-0.25, -0.2) is 0 Å². The molecule has 0 N–H and O–H groups in total. The van der Waals surface area contributed by atoms with Gasteiger partial charge < -0.3 is 0 Å². The van der Waals surface area contributed by atoms with Gasteiger partial charge in [0.15, 0.2) is 0 Å². The molecule has 0 spiro atoms. The molecule has 0 aromatic rings. The zero-order valence-corrected chi connectivity index (χ0v) is 8.80. The standard InChI is InChI=1S/C8H15NS2/c1-3-7(2)6-11-8-9-4-5-10-8/h7H,3-6H2,1-2H3. The molecule has 64 valence electrons. The van der Waals surface area contributed by atoms with E-state index in [9.17, 15) is 0 Å². The van der Waals surface area contributed by atoms with Crippen LogP contribution >= 0.6 is 23.5 Å². The van der Waals surface area contributed by atoms with Crippen molar-refractivity contribution in [3.8, 4) is 0 Å². The molecular formula is C8H15NS2. The lowest BCUT2D eigenvalue weighted by molar-refractivity contribution is 0.638. The Morgan fingerprint density at radius 1 is 1.73 bits per heavy atom. The van der Waals surface area contributed by atoms with Crippen LogP contribution in [-0.4, -0.2) is 22.4 Å². The Kier molecular flexibility index (Phi) is 4.38. The van der Waals surface area contributed by atoms with Gasteiger partial charge in [-0.15, -0.1) is 0 Å². The lowest BCUT2D eigenvalue weighted by Crippen LogP contribution is -1.97. The summed E-state index contributed by atoms with van der Waals surface area (Å²) in [5.41, 5.74) is 0. The third-order valence-electron chi connectivity index (χ3n) is 1.75. The van der Waals surface area contributed by atoms with Gasteiger partial charge >= 0.3 is 0 Å². The lowest BCUT2D eigenvalue weighted by Gasteiger charge is -2.05. The summed E-state index contributed by atoms with van der Waals surface area (Å²) >= 11 is 3.84. The predicted octanol–water partition coefficient (Wildman–Crippen LogP) is 2.87. The van der Waals surface area contributed by atoms with Crippen molar-refractivity contribution in [1.29, 1.82) is 0 Å². The summed E-state index contributed by atoms with van der Waals surface area (Å²) in [7, 11) is 0. The second-order valence-corrected chi connectivity index (χ2v) is 5.17. The number of hydrogen-bond acceptors (Lipinski definition) is 3. The highest BCUT2D eigenvalue weighted by atomic mass is 32.2. The quantitative estimate of drug-likeness (QED) is 0.677. The third kappa shape index (κ3) is 3.52. The molecule has 0 aliphatic carbocycles. The lowest BCUT2D eigenvalue weighted by atomic mass is 10.2. The normalized spacial score (nSPS) is 20.0. The second-order valence-electron chi connectivity index (χ2n) is 2.82. The molecule has 0 fully saturated rings. The first-order valence-electron chi connectivity index (χ1n) is 4.13. The Hall–Kier alpha value is 0.370. The van der Waals surface area contributed by atoms with E-state index in [2.05, 4.69) is 18.8 Å². The highest BCUT2D eigenvalue weighted by molar-refractivity contribution is 8.39. The van der Waals surface area contributed by atoms with Gasteiger partial charge in [-0.05, 0) is 5.92 Å². The van der Waals surface area contributed by atoms with E-state index in [1.807, 2.05) is 23.5 Å². The van der Waals surface area contributed by atoms with Gasteiger partial charge in [0.1, 0.15) is 4.38 Å². The van der Waals surface area contributed by atoms with Crippen molar-refractivity contribution in [2.24, 2.45) is 10.9 Å². The number of hydrogen-bond donors (Lipinski definition) is 0. The number of nitrogens with zero attached hydrogens (tertiary/aromatic N) is 1. The third-order valence-corrected chi connectivity index (χ3v) is 4.33. The highest BCUT2D eigenvalue weighted by Crippen LogP contribution is 2.24. The van der Waals surface area contributed by atoms with Crippen LogP contribution in [0, 0.1) is 5.92 Å². The molecule has 0 saturated carbocycles. The van der Waals surface area contributed by atoms with Crippen molar-refractivity contribution in [2.75, 3.05) is 18.1 Å². The zero-order chi connectivity index (χ0) is 8.10. The van der Waals surface area contributed by atoms with Gasteiger partial charge in [-0.1, -0.05) is 43.8 Å². The molecule has 1 aliphatic rings. The average molecular weight is 189 g/mol. The van der Waals surface area contributed by atoms with Gasteiger partial charge in [-0.2, -0.15) is 0 Å². The van der Waals surface area contributed by atoms with E-state index in [0.717, 1.165) is 12.5 Å². The highest BCUT2D eigenvalue weighted by Gasteiger charge is 2.08. The topological polar surface area (TPSA) is 12.4 Å². The van der Waals surface area contributed by atoms with E-state index in [0.29, 0.717) is 0 Å². The minimum Gasteiger partial charge on any atom is -0.271 e. The van der Waals surface area contributed by atoms with Gasteiger partial charge in [0.05, 0.1) is 6.54 Å². The van der Waals surface area contributed by atoms with Crippen LogP contribution in [0.4, 0.5) is 0 Å². The zero-order valence-electron chi connectivity index (χ0n) is 7.17. The summed E-state index contributed by atoms with van der Waals surface area (Å²) in [4.78, 5) is 4.38. The molecule has 0 aromatic heterocycles. The molecule has 1 heterocycles. The van der Waals surface area contributed by atoms with Crippen molar-refractivity contribution in [3.05, 3.63) is 0 Å². The van der Waals surface area contributed by atoms with E-state index in [1.54, 1.807) is 0 Å². The molecule has 1 atom stereocenters. The monoisotopic (exact) mass is 189 g/mol. The van der Waals surface area contributed by atoms with Crippen LogP contribution in [0.5, 0.6) is 0 Å². The summed E-state index contributed by atoms with van der Waals surface area (Å²) in [6.07, 6.45) is 1.28. The molecule has 1 nitrogen and oxygen atoms in total. The number of thioether (sulfide) groups is 2. The molecule has 0 amide bonds. The maximum atomic E-state index is 4.38. The Morgan fingerprint density at radius 2 is 2.55 bits per heavy atom. The number of rotatable bonds is 3. The van der Waals surface area contributed by atoms with Crippen molar-refractivity contribution >= 4 is 27.9 Å². The fraction of sp³-hybridized carbons (Fsp3) is 0.875. The van der Waals surface area contributed by atoms with E-state index in [4.69, 9.17) is 0 Å². The SMILES string of the molecule is CCC(C)CSC1=NCCS1. The van der Waals surface area contributed by atoms with Crippen LogP contribution in [-0.2, 0) is 0 Å². The molecule has 11 heavy (non-hydrogen) atoms. The van der Waals surface area contributed by atoms with Crippen LogP contribution in [0.25, 0.3) is 0 Å². The molecule has 0 aromatic carbocycles. The summed E-state index contributed by atoms with van der Waals surface area (Å²) in [6.45, 7) is 5.58. The first kappa shape index (κ1) is 9.46. The molecule has 0 bridgehead atoms. The first-order chi connectivity index (χ1) is 5.33. The molecule has 1 rings (SSSR count). The minimum atomic E-state index is 0.837. The van der Waals surface area contributed by atoms with Gasteiger partial charge in [-0.3, -0.25) is 4.99 Å². The Morgan fingerprint density at radius 3 is 3.09 bits per heavy atom. The van der Waals surface area contributed by atoms with Crippen LogP contribution in [0.3, 0.4) is 0 Å². The van der Waals surface area contributed by atoms with E-state index in [1.165, 1.54) is 22.3 Å². The van der Waals surface area contributed by atoms with Crippen molar-refractivity contribution in [3.63, 3.8) is 0 Å². The number of aliphatic imine (C=N–C) groups is 1. The van der Waals surface area contributed by atoms with Crippen molar-refractivity contribution in [2.45, 2.75) is 20.3 Å². The van der Waals surface area contributed by atoms with Crippen molar-refractivity contribution in [1.82, 2.24) is 0 Å². The van der Waals surface area contributed by atoms with Crippen molar-refractivity contribution < 1.29 is 0 Å². The molecule has 1 aliphatic heterocycles. The Balaban J connectivity index is 2.11. The minimum absolute atomic E-state index is 0.837.